The molecular formula is C23H32N4O7. The van der Waals surface area contributed by atoms with Crippen molar-refractivity contribution >= 4 is 23.7 Å². The summed E-state index contributed by atoms with van der Waals surface area (Å²) in [6, 6.07) is 2.32. The van der Waals surface area contributed by atoms with Gasteiger partial charge in [-0.3, -0.25) is 14.4 Å². The molecule has 1 aromatic carbocycles. The number of phenolic OH excluding ortho intramolecular Hbond substituents is 1. The molecule has 2 saturated heterocycles. The lowest BCUT2D eigenvalue weighted by Gasteiger charge is -2.30. The minimum absolute atomic E-state index is 0.0577. The van der Waals surface area contributed by atoms with E-state index in [2.05, 4.69) is 16.0 Å². The second kappa shape index (κ2) is 11.3. The number of aliphatic hydroxyl groups excluding tert-OH is 1. The summed E-state index contributed by atoms with van der Waals surface area (Å²) < 4.78 is 0. The molecule has 2 fully saturated rings. The molecule has 0 bridgehead atoms. The van der Waals surface area contributed by atoms with Crippen molar-refractivity contribution in [2.24, 2.45) is 0 Å². The van der Waals surface area contributed by atoms with Gasteiger partial charge in [0.1, 0.15) is 23.9 Å². The topological polar surface area (TPSA) is 168 Å². The van der Waals surface area contributed by atoms with E-state index < -0.39 is 48.1 Å². The summed E-state index contributed by atoms with van der Waals surface area (Å²) in [5.74, 6) is -2.78. The molecule has 0 aromatic heterocycles. The number of rotatable bonds is 9. The lowest BCUT2D eigenvalue weighted by molar-refractivity contribution is -0.150. The third-order valence-electron chi connectivity index (χ3n) is 6.25. The Kier molecular flexibility index (Phi) is 8.46. The highest BCUT2D eigenvalue weighted by Crippen LogP contribution is 2.19. The Morgan fingerprint density at radius 2 is 1.82 bits per heavy atom. The Hall–Kier alpha value is -3.18. The fourth-order valence-corrected chi connectivity index (χ4v) is 4.37. The van der Waals surface area contributed by atoms with E-state index in [-0.39, 0.29) is 24.6 Å². The first-order chi connectivity index (χ1) is 16.2. The van der Waals surface area contributed by atoms with Gasteiger partial charge in [-0.1, -0.05) is 12.1 Å². The zero-order valence-electron chi connectivity index (χ0n) is 19.1. The molecule has 0 radical (unpaired) electrons. The average Bonchev–Trinajstić information content (AvgIpc) is 3.50. The number of amides is 3. The minimum Gasteiger partial charge on any atom is -0.508 e. The van der Waals surface area contributed by atoms with Crippen LogP contribution < -0.4 is 16.0 Å². The van der Waals surface area contributed by atoms with E-state index >= 15 is 0 Å². The van der Waals surface area contributed by atoms with Gasteiger partial charge in [0.15, 0.2) is 0 Å². The van der Waals surface area contributed by atoms with E-state index in [1.165, 1.54) is 19.1 Å². The van der Waals surface area contributed by atoms with Crippen molar-refractivity contribution < 1.29 is 34.5 Å². The summed E-state index contributed by atoms with van der Waals surface area (Å²) in [6.45, 7) is 2.26. The second-order valence-electron chi connectivity index (χ2n) is 8.84. The summed E-state index contributed by atoms with van der Waals surface area (Å²) in [5, 5.41) is 37.5. The number of nitrogens with one attached hydrogen (secondary N) is 3. The van der Waals surface area contributed by atoms with Crippen LogP contribution in [0.3, 0.4) is 0 Å². The highest BCUT2D eigenvalue weighted by Gasteiger charge is 2.40. The predicted molar refractivity (Wildman–Crippen MR) is 121 cm³/mol. The van der Waals surface area contributed by atoms with E-state index in [0.29, 0.717) is 31.4 Å². The number of carboxylic acid groups (broad SMARTS) is 1. The molecule has 6 N–H and O–H groups in total. The van der Waals surface area contributed by atoms with Crippen LogP contribution in [0.25, 0.3) is 0 Å². The largest absolute Gasteiger partial charge is 0.508 e. The summed E-state index contributed by atoms with van der Waals surface area (Å²) >= 11 is 0. The number of aliphatic carboxylic acids is 1. The molecule has 11 heteroatoms. The van der Waals surface area contributed by atoms with E-state index in [9.17, 15) is 34.5 Å². The average molecular weight is 477 g/mol. The monoisotopic (exact) mass is 476 g/mol. The summed E-state index contributed by atoms with van der Waals surface area (Å²) in [6.07, 6.45) is 1.10. The van der Waals surface area contributed by atoms with Crippen molar-refractivity contribution in [3.63, 3.8) is 0 Å². The molecule has 3 rings (SSSR count). The number of hydrogen-bond acceptors (Lipinski definition) is 7. The lowest BCUT2D eigenvalue weighted by Crippen LogP contribution is -2.60. The fourth-order valence-electron chi connectivity index (χ4n) is 4.37. The minimum atomic E-state index is -1.36. The Balaban J connectivity index is 1.76. The van der Waals surface area contributed by atoms with Gasteiger partial charge in [-0.05, 0) is 56.8 Å². The summed E-state index contributed by atoms with van der Waals surface area (Å²) in [4.78, 5) is 51.6. The Labute approximate surface area is 197 Å². The van der Waals surface area contributed by atoms with Crippen LogP contribution in [-0.4, -0.2) is 87.3 Å². The molecule has 186 valence electrons. The van der Waals surface area contributed by atoms with E-state index in [1.54, 1.807) is 12.1 Å². The van der Waals surface area contributed by atoms with E-state index in [1.807, 2.05) is 0 Å². The van der Waals surface area contributed by atoms with Crippen LogP contribution in [0.2, 0.25) is 0 Å². The van der Waals surface area contributed by atoms with Gasteiger partial charge in [-0.2, -0.15) is 0 Å². The van der Waals surface area contributed by atoms with E-state index in [4.69, 9.17) is 0 Å². The first-order valence-electron chi connectivity index (χ1n) is 11.5. The van der Waals surface area contributed by atoms with Crippen molar-refractivity contribution in [1.29, 1.82) is 0 Å². The Morgan fingerprint density at radius 1 is 1.12 bits per heavy atom. The SMILES string of the molecule is CC(O)C(NC(=O)C(Cc1ccc(O)cc1)NC(=O)C1CCCN1)C(=O)N1CCCC1C(=O)O. The fraction of sp³-hybridized carbons (Fsp3) is 0.565. The first kappa shape index (κ1) is 25.4. The molecule has 0 spiro atoms. The van der Waals surface area contributed by atoms with Gasteiger partial charge < -0.3 is 36.2 Å². The maximum Gasteiger partial charge on any atom is 0.326 e. The highest BCUT2D eigenvalue weighted by atomic mass is 16.4. The number of nitrogens with zero attached hydrogens (tertiary/aromatic N) is 1. The second-order valence-corrected chi connectivity index (χ2v) is 8.84. The summed E-state index contributed by atoms with van der Waals surface area (Å²) in [5.41, 5.74) is 0.669. The van der Waals surface area contributed by atoms with Gasteiger partial charge in [-0.15, -0.1) is 0 Å². The maximum absolute atomic E-state index is 13.2. The van der Waals surface area contributed by atoms with Crippen molar-refractivity contribution in [2.75, 3.05) is 13.1 Å². The lowest BCUT2D eigenvalue weighted by atomic mass is 10.0. The molecule has 5 atom stereocenters. The Bertz CT molecular complexity index is 899. The van der Waals surface area contributed by atoms with Crippen molar-refractivity contribution in [3.05, 3.63) is 29.8 Å². The number of hydrogen-bond donors (Lipinski definition) is 6. The van der Waals surface area contributed by atoms with Crippen LogP contribution in [0, 0.1) is 0 Å². The number of carboxylic acids is 1. The van der Waals surface area contributed by atoms with Crippen LogP contribution >= 0.6 is 0 Å². The number of benzene rings is 1. The molecule has 34 heavy (non-hydrogen) atoms. The molecule has 2 aliphatic heterocycles. The van der Waals surface area contributed by atoms with Gasteiger partial charge in [0.25, 0.3) is 0 Å². The van der Waals surface area contributed by atoms with Crippen molar-refractivity contribution in [2.45, 2.75) is 69.3 Å². The number of carbonyl (C=O) groups is 4. The van der Waals surface area contributed by atoms with Gasteiger partial charge in [0, 0.05) is 13.0 Å². The quantitative estimate of drug-likeness (QED) is 0.267. The van der Waals surface area contributed by atoms with Gasteiger partial charge in [0.2, 0.25) is 17.7 Å². The number of aromatic hydroxyl groups is 1. The zero-order chi connectivity index (χ0) is 24.8. The number of aliphatic hydroxyl groups is 1. The third kappa shape index (κ3) is 6.23. The standard InChI is InChI=1S/C23H32N4O7/c1-13(28)19(22(32)27-11-3-5-18(27)23(33)34)26-21(31)17(12-14-6-8-15(29)9-7-14)25-20(30)16-4-2-10-24-16/h6-9,13,16-19,24,28-29H,2-5,10-12H2,1H3,(H,25,30)(H,26,31)(H,33,34). The number of phenols is 1. The number of carbonyl (C=O) groups excluding carboxylic acids is 3. The van der Waals surface area contributed by atoms with Gasteiger partial charge in [0.05, 0.1) is 12.1 Å². The molecule has 2 heterocycles. The number of likely N-dealkylation sites (tertiary alicyclic amines) is 1. The van der Waals surface area contributed by atoms with Crippen LogP contribution in [0.5, 0.6) is 5.75 Å². The van der Waals surface area contributed by atoms with Crippen molar-refractivity contribution in [3.8, 4) is 5.75 Å². The molecule has 3 amide bonds. The van der Waals surface area contributed by atoms with Crippen LogP contribution in [0.1, 0.15) is 38.2 Å². The molecule has 0 aliphatic carbocycles. The van der Waals surface area contributed by atoms with Crippen LogP contribution in [0.15, 0.2) is 24.3 Å². The third-order valence-corrected chi connectivity index (χ3v) is 6.25. The molecular weight excluding hydrogens is 444 g/mol. The Morgan fingerprint density at radius 3 is 2.41 bits per heavy atom. The molecule has 0 saturated carbocycles. The maximum atomic E-state index is 13.2. The first-order valence-corrected chi connectivity index (χ1v) is 11.5. The predicted octanol–water partition coefficient (Wildman–Crippen LogP) is -0.887. The van der Waals surface area contributed by atoms with Crippen LogP contribution in [0.4, 0.5) is 0 Å². The van der Waals surface area contributed by atoms with Crippen molar-refractivity contribution in [1.82, 2.24) is 20.9 Å². The molecule has 11 nitrogen and oxygen atoms in total. The highest BCUT2D eigenvalue weighted by molar-refractivity contribution is 5.94. The summed E-state index contributed by atoms with van der Waals surface area (Å²) in [7, 11) is 0. The normalized spacial score (nSPS) is 22.6. The molecule has 1 aromatic rings. The van der Waals surface area contributed by atoms with Gasteiger partial charge >= 0.3 is 5.97 Å². The molecule has 5 unspecified atom stereocenters. The molecule has 2 aliphatic rings. The van der Waals surface area contributed by atoms with Gasteiger partial charge in [-0.25, -0.2) is 4.79 Å². The zero-order valence-corrected chi connectivity index (χ0v) is 19.1. The smallest absolute Gasteiger partial charge is 0.326 e. The van der Waals surface area contributed by atoms with Crippen LogP contribution in [-0.2, 0) is 25.6 Å². The van der Waals surface area contributed by atoms with E-state index in [0.717, 1.165) is 11.3 Å².